The molecule has 8 nitrogen and oxygen atoms in total. The minimum atomic E-state index is 0.0674. The molecule has 1 amide bonds. The summed E-state index contributed by atoms with van der Waals surface area (Å²) in [6.45, 7) is 6.74. The second kappa shape index (κ2) is 7.11. The van der Waals surface area contributed by atoms with E-state index in [1.165, 1.54) is 0 Å². The lowest BCUT2D eigenvalue weighted by atomic mass is 10.1. The Labute approximate surface area is 141 Å². The average molecular weight is 332 g/mol. The molecule has 1 aliphatic heterocycles. The lowest BCUT2D eigenvalue weighted by Crippen LogP contribution is -2.41. The van der Waals surface area contributed by atoms with Crippen molar-refractivity contribution in [2.24, 2.45) is 0 Å². The third-order valence-electron chi connectivity index (χ3n) is 4.29. The fourth-order valence-electron chi connectivity index (χ4n) is 2.88. The topological polar surface area (TPSA) is 98.7 Å². The molecule has 1 atom stereocenters. The molecule has 0 aromatic carbocycles. The molecule has 0 radical (unpaired) electrons. The predicted octanol–water partition coefficient (Wildman–Crippen LogP) is 1.55. The summed E-state index contributed by atoms with van der Waals surface area (Å²) in [7, 11) is 0. The molecule has 0 fully saturated rings. The van der Waals surface area contributed by atoms with Crippen molar-refractivity contribution in [2.45, 2.75) is 71.4 Å². The standard InChI is InChI=1S/C16H24N6O2/c1-10(2)16-18-15(24-21-16)6-4-5-14(23)17-12-7-8-13-20-19-11(3)22(13)9-12/h10,12H,4-9H2,1-3H3,(H,17,23)/t12-/m1/s1. The maximum atomic E-state index is 12.1. The fourth-order valence-corrected chi connectivity index (χ4v) is 2.88. The van der Waals surface area contributed by atoms with Crippen LogP contribution in [0.15, 0.2) is 4.52 Å². The summed E-state index contributed by atoms with van der Waals surface area (Å²) in [6.07, 6.45) is 3.56. The number of hydrogen-bond acceptors (Lipinski definition) is 6. The van der Waals surface area contributed by atoms with E-state index in [2.05, 4.69) is 30.2 Å². The van der Waals surface area contributed by atoms with E-state index in [9.17, 15) is 4.79 Å². The van der Waals surface area contributed by atoms with Gasteiger partial charge in [0.05, 0.1) is 0 Å². The Morgan fingerprint density at radius 1 is 1.42 bits per heavy atom. The van der Waals surface area contributed by atoms with E-state index in [0.29, 0.717) is 25.2 Å². The van der Waals surface area contributed by atoms with Crippen molar-refractivity contribution in [1.82, 2.24) is 30.2 Å². The van der Waals surface area contributed by atoms with Crippen LogP contribution in [-0.4, -0.2) is 36.9 Å². The van der Waals surface area contributed by atoms with E-state index in [0.717, 1.165) is 36.9 Å². The first-order valence-electron chi connectivity index (χ1n) is 8.53. The normalized spacial score (nSPS) is 17.1. The van der Waals surface area contributed by atoms with Gasteiger partial charge in [0.2, 0.25) is 11.8 Å². The van der Waals surface area contributed by atoms with E-state index in [4.69, 9.17) is 4.52 Å². The maximum absolute atomic E-state index is 12.1. The van der Waals surface area contributed by atoms with Crippen LogP contribution in [0, 0.1) is 6.92 Å². The summed E-state index contributed by atoms with van der Waals surface area (Å²) in [5.74, 6) is 3.56. The first-order valence-corrected chi connectivity index (χ1v) is 8.53. The molecule has 3 heterocycles. The van der Waals surface area contributed by atoms with Crippen LogP contribution in [0.2, 0.25) is 0 Å². The van der Waals surface area contributed by atoms with E-state index < -0.39 is 0 Å². The molecule has 0 saturated heterocycles. The highest BCUT2D eigenvalue weighted by atomic mass is 16.5. The largest absolute Gasteiger partial charge is 0.352 e. The summed E-state index contributed by atoms with van der Waals surface area (Å²) in [5, 5.41) is 15.3. The SMILES string of the molecule is Cc1nnc2n1C[C@H](NC(=O)CCCc1nc(C(C)C)no1)CC2. The molecule has 0 saturated carbocycles. The van der Waals surface area contributed by atoms with Gasteiger partial charge >= 0.3 is 0 Å². The van der Waals surface area contributed by atoms with Gasteiger partial charge in [-0.1, -0.05) is 19.0 Å². The summed E-state index contributed by atoms with van der Waals surface area (Å²) in [4.78, 5) is 16.5. The number of nitrogens with one attached hydrogen (secondary N) is 1. The Balaban J connectivity index is 1.42. The van der Waals surface area contributed by atoms with Gasteiger partial charge in [0.15, 0.2) is 5.82 Å². The molecule has 0 bridgehead atoms. The van der Waals surface area contributed by atoms with Crippen molar-refractivity contribution in [3.8, 4) is 0 Å². The minimum absolute atomic E-state index is 0.0674. The average Bonchev–Trinajstić information content (AvgIpc) is 3.15. The zero-order valence-electron chi connectivity index (χ0n) is 14.4. The summed E-state index contributed by atoms with van der Waals surface area (Å²) in [6, 6.07) is 0.149. The fraction of sp³-hybridized carbons (Fsp3) is 0.688. The van der Waals surface area contributed by atoms with Crippen LogP contribution in [-0.2, 0) is 24.2 Å². The zero-order chi connectivity index (χ0) is 17.1. The highest BCUT2D eigenvalue weighted by molar-refractivity contribution is 5.76. The highest BCUT2D eigenvalue weighted by Crippen LogP contribution is 2.15. The Kier molecular flexibility index (Phi) is 4.92. The van der Waals surface area contributed by atoms with Crippen LogP contribution in [0.3, 0.4) is 0 Å². The van der Waals surface area contributed by atoms with Gasteiger partial charge in [-0.2, -0.15) is 4.98 Å². The summed E-state index contributed by atoms with van der Waals surface area (Å²) >= 11 is 0. The summed E-state index contributed by atoms with van der Waals surface area (Å²) < 4.78 is 7.27. The van der Waals surface area contributed by atoms with Crippen molar-refractivity contribution >= 4 is 5.91 Å². The van der Waals surface area contributed by atoms with Crippen molar-refractivity contribution in [3.63, 3.8) is 0 Å². The van der Waals surface area contributed by atoms with Crippen LogP contribution in [0.1, 0.15) is 62.4 Å². The lowest BCUT2D eigenvalue weighted by Gasteiger charge is -2.24. The predicted molar refractivity (Wildman–Crippen MR) is 86.3 cm³/mol. The molecule has 0 spiro atoms. The number of fused-ring (bicyclic) bond motifs is 1. The van der Waals surface area contributed by atoms with Gasteiger partial charge in [-0.25, -0.2) is 0 Å². The van der Waals surface area contributed by atoms with Crippen LogP contribution >= 0.6 is 0 Å². The van der Waals surface area contributed by atoms with E-state index >= 15 is 0 Å². The van der Waals surface area contributed by atoms with Gasteiger partial charge in [0.1, 0.15) is 11.6 Å². The van der Waals surface area contributed by atoms with Gasteiger partial charge in [0.25, 0.3) is 0 Å². The van der Waals surface area contributed by atoms with Gasteiger partial charge < -0.3 is 14.4 Å². The number of carbonyl (C=O) groups excluding carboxylic acids is 1. The number of hydrogen-bond donors (Lipinski definition) is 1. The molecule has 2 aromatic heterocycles. The molecule has 24 heavy (non-hydrogen) atoms. The second-order valence-corrected chi connectivity index (χ2v) is 6.63. The monoisotopic (exact) mass is 332 g/mol. The smallest absolute Gasteiger partial charge is 0.226 e. The number of carbonyl (C=O) groups is 1. The Bertz CT molecular complexity index is 705. The maximum Gasteiger partial charge on any atom is 0.226 e. The Morgan fingerprint density at radius 2 is 2.25 bits per heavy atom. The van der Waals surface area contributed by atoms with Crippen molar-refractivity contribution in [3.05, 3.63) is 23.4 Å². The molecule has 1 aliphatic rings. The van der Waals surface area contributed by atoms with Crippen molar-refractivity contribution in [1.29, 1.82) is 0 Å². The van der Waals surface area contributed by atoms with Gasteiger partial charge in [-0.3, -0.25) is 4.79 Å². The third-order valence-corrected chi connectivity index (χ3v) is 4.29. The Morgan fingerprint density at radius 3 is 3.00 bits per heavy atom. The number of rotatable bonds is 6. The molecular formula is C16H24N6O2. The molecule has 2 aromatic rings. The second-order valence-electron chi connectivity index (χ2n) is 6.63. The van der Waals surface area contributed by atoms with Crippen LogP contribution in [0.25, 0.3) is 0 Å². The summed E-state index contributed by atoms with van der Waals surface area (Å²) in [5.41, 5.74) is 0. The molecule has 130 valence electrons. The molecule has 0 unspecified atom stereocenters. The number of nitrogens with zero attached hydrogens (tertiary/aromatic N) is 5. The van der Waals surface area contributed by atoms with Crippen LogP contribution < -0.4 is 5.32 Å². The number of aromatic nitrogens is 5. The first-order chi connectivity index (χ1) is 11.5. The van der Waals surface area contributed by atoms with E-state index in [1.807, 2.05) is 20.8 Å². The minimum Gasteiger partial charge on any atom is -0.352 e. The van der Waals surface area contributed by atoms with Gasteiger partial charge in [-0.05, 0) is 19.8 Å². The molecule has 3 rings (SSSR count). The molecule has 0 aliphatic carbocycles. The van der Waals surface area contributed by atoms with Crippen molar-refractivity contribution < 1.29 is 9.32 Å². The number of aryl methyl sites for hydroxylation is 3. The van der Waals surface area contributed by atoms with Crippen LogP contribution in [0.5, 0.6) is 0 Å². The first kappa shape index (κ1) is 16.6. The zero-order valence-corrected chi connectivity index (χ0v) is 14.4. The van der Waals surface area contributed by atoms with E-state index in [1.54, 1.807) is 0 Å². The van der Waals surface area contributed by atoms with Gasteiger partial charge in [0, 0.05) is 37.8 Å². The molecule has 1 N–H and O–H groups in total. The van der Waals surface area contributed by atoms with Crippen molar-refractivity contribution in [2.75, 3.05) is 0 Å². The highest BCUT2D eigenvalue weighted by Gasteiger charge is 2.22. The quantitative estimate of drug-likeness (QED) is 0.861. The van der Waals surface area contributed by atoms with Crippen LogP contribution in [0.4, 0.5) is 0 Å². The van der Waals surface area contributed by atoms with Gasteiger partial charge in [-0.15, -0.1) is 10.2 Å². The molecule has 8 heteroatoms. The number of amides is 1. The Hall–Kier alpha value is -2.25. The van der Waals surface area contributed by atoms with E-state index in [-0.39, 0.29) is 17.9 Å². The third kappa shape index (κ3) is 3.80. The molecular weight excluding hydrogens is 308 g/mol. The lowest BCUT2D eigenvalue weighted by molar-refractivity contribution is -0.122.